The van der Waals surface area contributed by atoms with Crippen LogP contribution in [0.15, 0.2) is 42.5 Å². The first kappa shape index (κ1) is 22.3. The highest BCUT2D eigenvalue weighted by atomic mass is 19.4. The third kappa shape index (κ3) is 5.97. The zero-order valence-corrected chi connectivity index (χ0v) is 15.0. The number of anilines is 1. The fourth-order valence-corrected chi connectivity index (χ4v) is 2.37. The van der Waals surface area contributed by atoms with Crippen LogP contribution in [0, 0.1) is 0 Å². The van der Waals surface area contributed by atoms with Gasteiger partial charge in [0.2, 0.25) is 0 Å². The number of carbonyl (C=O) groups is 2. The number of carbonyl (C=O) groups excluding carboxylic acids is 2. The minimum absolute atomic E-state index is 0.0464. The van der Waals surface area contributed by atoms with E-state index in [1.165, 1.54) is 24.3 Å². The summed E-state index contributed by atoms with van der Waals surface area (Å²) in [5.41, 5.74) is -3.77. The summed E-state index contributed by atoms with van der Waals surface area (Å²) >= 11 is 0. The van der Waals surface area contributed by atoms with Gasteiger partial charge in [-0.05, 0) is 42.8 Å². The van der Waals surface area contributed by atoms with E-state index < -0.39 is 40.9 Å². The van der Waals surface area contributed by atoms with Gasteiger partial charge in [-0.2, -0.15) is 26.3 Å². The summed E-state index contributed by atoms with van der Waals surface area (Å²) in [6.07, 6.45) is -9.43. The second-order valence-corrected chi connectivity index (χ2v) is 6.09. The average molecular weight is 418 g/mol. The standard InChI is InChI=1S/C19H16F6N2O2/c1-2-6-26-16(28)11-4-3-5-15(9-11)27-17(29)12-7-13(18(20,21)22)10-14(8-12)19(23,24)25/h3-5,7-10H,2,6H2,1H3,(H,26,28)(H,27,29). The molecule has 2 amide bonds. The Morgan fingerprint density at radius 1 is 0.828 bits per heavy atom. The predicted octanol–water partition coefficient (Wildman–Crippen LogP) is 5.12. The van der Waals surface area contributed by atoms with Crippen molar-refractivity contribution in [3.8, 4) is 0 Å². The first-order valence-corrected chi connectivity index (χ1v) is 8.41. The molecule has 0 aromatic heterocycles. The van der Waals surface area contributed by atoms with E-state index >= 15 is 0 Å². The average Bonchev–Trinajstić information content (AvgIpc) is 2.64. The molecule has 0 fully saturated rings. The Balaban J connectivity index is 2.32. The summed E-state index contributed by atoms with van der Waals surface area (Å²) in [5, 5.41) is 4.82. The van der Waals surface area contributed by atoms with Gasteiger partial charge in [-0.3, -0.25) is 9.59 Å². The zero-order valence-electron chi connectivity index (χ0n) is 15.0. The molecule has 0 unspecified atom stereocenters. The van der Waals surface area contributed by atoms with Gasteiger partial charge in [0, 0.05) is 23.4 Å². The lowest BCUT2D eigenvalue weighted by Gasteiger charge is -2.14. The maximum atomic E-state index is 12.9. The highest BCUT2D eigenvalue weighted by Gasteiger charge is 2.37. The van der Waals surface area contributed by atoms with E-state index in [1.807, 2.05) is 6.92 Å². The summed E-state index contributed by atoms with van der Waals surface area (Å²) < 4.78 is 77.6. The van der Waals surface area contributed by atoms with E-state index in [9.17, 15) is 35.9 Å². The van der Waals surface area contributed by atoms with Gasteiger partial charge in [-0.15, -0.1) is 0 Å². The molecular formula is C19H16F6N2O2. The molecule has 0 heterocycles. The molecule has 2 aromatic rings. The Bertz CT molecular complexity index is 874. The van der Waals surface area contributed by atoms with Crippen LogP contribution in [0.3, 0.4) is 0 Å². The van der Waals surface area contributed by atoms with Gasteiger partial charge >= 0.3 is 12.4 Å². The van der Waals surface area contributed by atoms with Crippen molar-refractivity contribution < 1.29 is 35.9 Å². The van der Waals surface area contributed by atoms with Crippen LogP contribution in [0.2, 0.25) is 0 Å². The lowest BCUT2D eigenvalue weighted by atomic mass is 10.0. The summed E-state index contributed by atoms with van der Waals surface area (Å²) in [6.45, 7) is 2.26. The molecule has 0 saturated carbocycles. The highest BCUT2D eigenvalue weighted by molar-refractivity contribution is 6.05. The van der Waals surface area contributed by atoms with E-state index in [-0.39, 0.29) is 17.3 Å². The minimum atomic E-state index is -5.06. The second kappa shape index (κ2) is 8.54. The number of benzene rings is 2. The molecule has 0 bridgehead atoms. The van der Waals surface area contributed by atoms with E-state index in [0.29, 0.717) is 25.1 Å². The van der Waals surface area contributed by atoms with Crippen molar-refractivity contribution in [1.82, 2.24) is 5.32 Å². The Kier molecular flexibility index (Phi) is 6.55. The zero-order chi connectivity index (χ0) is 21.8. The van der Waals surface area contributed by atoms with Crippen molar-refractivity contribution in [1.29, 1.82) is 0 Å². The maximum Gasteiger partial charge on any atom is 0.416 e. The van der Waals surface area contributed by atoms with Crippen molar-refractivity contribution in [2.24, 2.45) is 0 Å². The SMILES string of the molecule is CCCNC(=O)c1cccc(NC(=O)c2cc(C(F)(F)F)cc(C(F)(F)F)c2)c1. The molecule has 0 aliphatic rings. The van der Waals surface area contributed by atoms with Gasteiger partial charge in [-0.1, -0.05) is 13.0 Å². The molecule has 0 atom stereocenters. The summed E-state index contributed by atoms with van der Waals surface area (Å²) in [4.78, 5) is 24.2. The molecule has 156 valence electrons. The van der Waals surface area contributed by atoms with E-state index in [1.54, 1.807) is 0 Å². The van der Waals surface area contributed by atoms with Crippen molar-refractivity contribution in [3.63, 3.8) is 0 Å². The van der Waals surface area contributed by atoms with Gasteiger partial charge in [0.25, 0.3) is 11.8 Å². The van der Waals surface area contributed by atoms with Crippen molar-refractivity contribution in [2.75, 3.05) is 11.9 Å². The van der Waals surface area contributed by atoms with Gasteiger partial charge in [0.15, 0.2) is 0 Å². The fraction of sp³-hybridized carbons (Fsp3) is 0.263. The summed E-state index contributed by atoms with van der Waals surface area (Å²) in [7, 11) is 0. The van der Waals surface area contributed by atoms with Crippen molar-refractivity contribution in [3.05, 3.63) is 64.7 Å². The highest BCUT2D eigenvalue weighted by Crippen LogP contribution is 2.36. The Morgan fingerprint density at radius 2 is 1.41 bits per heavy atom. The number of hydrogen-bond acceptors (Lipinski definition) is 2. The number of amides is 2. The van der Waals surface area contributed by atoms with Gasteiger partial charge in [-0.25, -0.2) is 0 Å². The first-order valence-electron chi connectivity index (χ1n) is 8.41. The summed E-state index contributed by atoms with van der Waals surface area (Å²) in [6, 6.07) is 6.10. The molecule has 0 spiro atoms. The smallest absolute Gasteiger partial charge is 0.352 e. The van der Waals surface area contributed by atoms with E-state index in [0.717, 1.165) is 0 Å². The molecule has 2 N–H and O–H groups in total. The molecule has 4 nitrogen and oxygen atoms in total. The van der Waals surface area contributed by atoms with Crippen LogP contribution in [0.5, 0.6) is 0 Å². The lowest BCUT2D eigenvalue weighted by Crippen LogP contribution is -2.24. The molecule has 2 aromatic carbocycles. The van der Waals surface area contributed by atoms with Crippen LogP contribution in [0.1, 0.15) is 45.2 Å². The minimum Gasteiger partial charge on any atom is -0.352 e. The molecule has 0 saturated heterocycles. The summed E-state index contributed by atoms with van der Waals surface area (Å²) in [5.74, 6) is -1.60. The predicted molar refractivity (Wildman–Crippen MR) is 93.5 cm³/mol. The maximum absolute atomic E-state index is 12.9. The normalized spacial score (nSPS) is 11.8. The Labute approximate surface area is 161 Å². The number of rotatable bonds is 5. The third-order valence-electron chi connectivity index (χ3n) is 3.77. The van der Waals surface area contributed by atoms with Gasteiger partial charge < -0.3 is 10.6 Å². The molecular weight excluding hydrogens is 402 g/mol. The molecule has 0 aliphatic heterocycles. The quantitative estimate of drug-likeness (QED) is 0.663. The van der Waals surface area contributed by atoms with Crippen LogP contribution in [0.4, 0.5) is 32.0 Å². The first-order chi connectivity index (χ1) is 13.4. The molecule has 29 heavy (non-hydrogen) atoms. The largest absolute Gasteiger partial charge is 0.416 e. The number of hydrogen-bond donors (Lipinski definition) is 2. The molecule has 0 radical (unpaired) electrons. The van der Waals surface area contributed by atoms with Crippen LogP contribution >= 0.6 is 0 Å². The fourth-order valence-electron chi connectivity index (χ4n) is 2.37. The lowest BCUT2D eigenvalue weighted by molar-refractivity contribution is -0.143. The van der Waals surface area contributed by atoms with Crippen LogP contribution in [0.25, 0.3) is 0 Å². The second-order valence-electron chi connectivity index (χ2n) is 6.09. The molecule has 2 rings (SSSR count). The topological polar surface area (TPSA) is 58.2 Å². The number of nitrogens with one attached hydrogen (secondary N) is 2. The van der Waals surface area contributed by atoms with Crippen LogP contribution < -0.4 is 10.6 Å². The van der Waals surface area contributed by atoms with Crippen molar-refractivity contribution >= 4 is 17.5 Å². The van der Waals surface area contributed by atoms with E-state index in [2.05, 4.69) is 10.6 Å². The van der Waals surface area contributed by atoms with Crippen LogP contribution in [-0.4, -0.2) is 18.4 Å². The Morgan fingerprint density at radius 3 is 1.93 bits per heavy atom. The Hall–Kier alpha value is -3.04. The van der Waals surface area contributed by atoms with Gasteiger partial charge in [0.1, 0.15) is 0 Å². The third-order valence-corrected chi connectivity index (χ3v) is 3.77. The monoisotopic (exact) mass is 418 g/mol. The van der Waals surface area contributed by atoms with Crippen molar-refractivity contribution in [2.45, 2.75) is 25.7 Å². The van der Waals surface area contributed by atoms with Crippen LogP contribution in [-0.2, 0) is 12.4 Å². The number of halogens is 6. The number of alkyl halides is 6. The molecule has 0 aliphatic carbocycles. The van der Waals surface area contributed by atoms with E-state index in [4.69, 9.17) is 0 Å². The molecule has 10 heteroatoms. The van der Waals surface area contributed by atoms with Gasteiger partial charge in [0.05, 0.1) is 11.1 Å².